The molecule has 0 aliphatic heterocycles. The van der Waals surface area contributed by atoms with Crippen LogP contribution in [0.15, 0.2) is 42.5 Å². The molecule has 0 amide bonds. The monoisotopic (exact) mass is 258 g/mol. The summed E-state index contributed by atoms with van der Waals surface area (Å²) in [5, 5.41) is 19.3. The quantitative estimate of drug-likeness (QED) is 0.646. The SMILES string of the molecule is O=COc1ccc(C(=O)c2ccccc2O)c(O)c1. The van der Waals surface area contributed by atoms with Crippen molar-refractivity contribution in [2.45, 2.75) is 0 Å². The first-order valence-electron chi connectivity index (χ1n) is 5.39. The van der Waals surface area contributed by atoms with Crippen LogP contribution in [0.4, 0.5) is 0 Å². The van der Waals surface area contributed by atoms with Crippen LogP contribution in [-0.4, -0.2) is 22.5 Å². The molecule has 2 rings (SSSR count). The van der Waals surface area contributed by atoms with Crippen LogP contribution in [0.2, 0.25) is 0 Å². The molecule has 0 saturated heterocycles. The van der Waals surface area contributed by atoms with Crippen molar-refractivity contribution in [3.63, 3.8) is 0 Å². The van der Waals surface area contributed by atoms with Gasteiger partial charge in [-0.3, -0.25) is 9.59 Å². The number of para-hydroxylation sites is 1. The molecule has 5 nitrogen and oxygen atoms in total. The fraction of sp³-hybridized carbons (Fsp3) is 0. The number of aromatic hydroxyl groups is 2. The van der Waals surface area contributed by atoms with Gasteiger partial charge in [0.05, 0.1) is 11.1 Å². The molecular formula is C14H10O5. The van der Waals surface area contributed by atoms with Gasteiger partial charge in [0.1, 0.15) is 17.2 Å². The molecule has 2 aromatic carbocycles. The van der Waals surface area contributed by atoms with E-state index in [1.807, 2.05) is 0 Å². The molecule has 0 aliphatic carbocycles. The molecule has 5 heteroatoms. The molecule has 0 radical (unpaired) electrons. The van der Waals surface area contributed by atoms with Crippen molar-refractivity contribution < 1.29 is 24.5 Å². The van der Waals surface area contributed by atoms with Crippen molar-refractivity contribution in [3.8, 4) is 17.2 Å². The molecule has 0 aliphatic rings. The third-order valence-electron chi connectivity index (χ3n) is 2.55. The lowest BCUT2D eigenvalue weighted by Gasteiger charge is -2.06. The number of ether oxygens (including phenoxy) is 1. The smallest absolute Gasteiger partial charge is 0.298 e. The number of benzene rings is 2. The second-order valence-electron chi connectivity index (χ2n) is 3.74. The number of phenolic OH excluding ortho intramolecular Hbond substituents is 2. The van der Waals surface area contributed by atoms with Crippen LogP contribution in [0.5, 0.6) is 17.2 Å². The first-order chi connectivity index (χ1) is 9.13. The van der Waals surface area contributed by atoms with Crippen molar-refractivity contribution in [1.29, 1.82) is 0 Å². The summed E-state index contributed by atoms with van der Waals surface area (Å²) in [5.41, 5.74) is 0.0987. The molecule has 19 heavy (non-hydrogen) atoms. The number of carbonyl (C=O) groups is 2. The minimum atomic E-state index is -0.520. The summed E-state index contributed by atoms with van der Waals surface area (Å²) >= 11 is 0. The van der Waals surface area contributed by atoms with Gasteiger partial charge in [0, 0.05) is 6.07 Å². The number of hydrogen-bond acceptors (Lipinski definition) is 5. The minimum Gasteiger partial charge on any atom is -0.507 e. The van der Waals surface area contributed by atoms with E-state index < -0.39 is 5.78 Å². The van der Waals surface area contributed by atoms with Crippen LogP contribution < -0.4 is 4.74 Å². The maximum atomic E-state index is 12.1. The normalized spacial score (nSPS) is 9.89. The van der Waals surface area contributed by atoms with E-state index in [-0.39, 0.29) is 34.8 Å². The zero-order valence-electron chi connectivity index (χ0n) is 9.74. The molecule has 0 bridgehead atoms. The third-order valence-corrected chi connectivity index (χ3v) is 2.55. The van der Waals surface area contributed by atoms with Crippen molar-refractivity contribution in [2.75, 3.05) is 0 Å². The lowest BCUT2D eigenvalue weighted by Crippen LogP contribution is -2.02. The van der Waals surface area contributed by atoms with Crippen LogP contribution >= 0.6 is 0 Å². The molecule has 0 spiro atoms. The molecule has 0 saturated carbocycles. The molecular weight excluding hydrogens is 248 g/mol. The molecule has 0 aromatic heterocycles. The number of hydrogen-bond donors (Lipinski definition) is 2. The molecule has 2 aromatic rings. The topological polar surface area (TPSA) is 83.8 Å². The molecule has 0 fully saturated rings. The average Bonchev–Trinajstić information content (AvgIpc) is 2.39. The lowest BCUT2D eigenvalue weighted by atomic mass is 10.0. The van der Waals surface area contributed by atoms with Gasteiger partial charge >= 0.3 is 0 Å². The van der Waals surface area contributed by atoms with Crippen molar-refractivity contribution >= 4 is 12.3 Å². The summed E-state index contributed by atoms with van der Waals surface area (Å²) < 4.78 is 4.55. The van der Waals surface area contributed by atoms with Crippen LogP contribution in [0, 0.1) is 0 Å². The highest BCUT2D eigenvalue weighted by Crippen LogP contribution is 2.28. The number of phenols is 2. The van der Waals surface area contributed by atoms with Crippen molar-refractivity contribution in [3.05, 3.63) is 53.6 Å². The highest BCUT2D eigenvalue weighted by atomic mass is 16.5. The number of ketones is 1. The van der Waals surface area contributed by atoms with Crippen LogP contribution in [0.25, 0.3) is 0 Å². The first kappa shape index (κ1) is 12.6. The van der Waals surface area contributed by atoms with Gasteiger partial charge < -0.3 is 14.9 Å². The maximum Gasteiger partial charge on any atom is 0.298 e. The van der Waals surface area contributed by atoms with Gasteiger partial charge in [-0.2, -0.15) is 0 Å². The van der Waals surface area contributed by atoms with Gasteiger partial charge in [0.25, 0.3) is 6.47 Å². The third kappa shape index (κ3) is 2.55. The first-order valence-corrected chi connectivity index (χ1v) is 5.39. The Morgan fingerprint density at radius 2 is 1.68 bits per heavy atom. The Kier molecular flexibility index (Phi) is 3.47. The van der Waals surface area contributed by atoms with E-state index in [0.717, 1.165) is 6.07 Å². The Hall–Kier alpha value is -2.82. The van der Waals surface area contributed by atoms with E-state index >= 15 is 0 Å². The molecule has 0 atom stereocenters. The molecule has 0 heterocycles. The summed E-state index contributed by atoms with van der Waals surface area (Å²) in [6.07, 6.45) is 0. The second kappa shape index (κ2) is 5.22. The Morgan fingerprint density at radius 3 is 2.32 bits per heavy atom. The van der Waals surface area contributed by atoms with Crippen molar-refractivity contribution in [1.82, 2.24) is 0 Å². The van der Waals surface area contributed by atoms with Crippen LogP contribution in [-0.2, 0) is 4.79 Å². The summed E-state index contributed by atoms with van der Waals surface area (Å²) in [4.78, 5) is 22.3. The largest absolute Gasteiger partial charge is 0.507 e. The number of carbonyl (C=O) groups excluding carboxylic acids is 2. The van der Waals surface area contributed by atoms with E-state index in [1.165, 1.54) is 24.3 Å². The fourth-order valence-electron chi connectivity index (χ4n) is 1.64. The second-order valence-corrected chi connectivity index (χ2v) is 3.74. The van der Waals surface area contributed by atoms with E-state index in [9.17, 15) is 19.8 Å². The minimum absolute atomic E-state index is 0.0137. The highest BCUT2D eigenvalue weighted by molar-refractivity contribution is 6.12. The zero-order chi connectivity index (χ0) is 13.8. The number of rotatable bonds is 4. The maximum absolute atomic E-state index is 12.1. The summed E-state index contributed by atoms with van der Waals surface area (Å²) in [5.74, 6) is -0.887. The predicted octanol–water partition coefficient (Wildman–Crippen LogP) is 1.86. The van der Waals surface area contributed by atoms with Gasteiger partial charge in [0.15, 0.2) is 5.78 Å². The fourth-order valence-corrected chi connectivity index (χ4v) is 1.64. The van der Waals surface area contributed by atoms with Gasteiger partial charge in [-0.25, -0.2) is 0 Å². The molecule has 96 valence electrons. The lowest BCUT2D eigenvalue weighted by molar-refractivity contribution is -0.120. The van der Waals surface area contributed by atoms with E-state index in [2.05, 4.69) is 4.74 Å². The van der Waals surface area contributed by atoms with E-state index in [4.69, 9.17) is 0 Å². The Bertz CT molecular complexity index is 633. The molecule has 0 unspecified atom stereocenters. The zero-order valence-corrected chi connectivity index (χ0v) is 9.74. The summed E-state index contributed by atoms with van der Waals surface area (Å²) in [7, 11) is 0. The van der Waals surface area contributed by atoms with Crippen LogP contribution in [0.3, 0.4) is 0 Å². The van der Waals surface area contributed by atoms with Crippen molar-refractivity contribution in [2.24, 2.45) is 0 Å². The van der Waals surface area contributed by atoms with Gasteiger partial charge in [0.2, 0.25) is 0 Å². The Labute approximate surface area is 108 Å². The standard InChI is InChI=1S/C14H10O5/c15-8-19-9-5-6-11(13(17)7-9)14(18)10-3-1-2-4-12(10)16/h1-8,16-17H. The summed E-state index contributed by atoms with van der Waals surface area (Å²) in [6.45, 7) is 0.222. The summed E-state index contributed by atoms with van der Waals surface area (Å²) in [6, 6.07) is 9.88. The average molecular weight is 258 g/mol. The van der Waals surface area contributed by atoms with Gasteiger partial charge in [-0.1, -0.05) is 12.1 Å². The van der Waals surface area contributed by atoms with Gasteiger partial charge in [-0.05, 0) is 24.3 Å². The Morgan fingerprint density at radius 1 is 1.00 bits per heavy atom. The Balaban J connectivity index is 2.40. The predicted molar refractivity (Wildman–Crippen MR) is 66.3 cm³/mol. The highest BCUT2D eigenvalue weighted by Gasteiger charge is 2.17. The van der Waals surface area contributed by atoms with E-state index in [0.29, 0.717) is 0 Å². The van der Waals surface area contributed by atoms with E-state index in [1.54, 1.807) is 12.1 Å². The van der Waals surface area contributed by atoms with Crippen LogP contribution in [0.1, 0.15) is 15.9 Å². The van der Waals surface area contributed by atoms with Gasteiger partial charge in [-0.15, -0.1) is 0 Å². The molecule has 2 N–H and O–H groups in total.